The second-order valence-corrected chi connectivity index (χ2v) is 7.05. The first kappa shape index (κ1) is 15.3. The molecule has 1 aromatic carbocycles. The van der Waals surface area contributed by atoms with Crippen molar-refractivity contribution in [2.24, 2.45) is 0 Å². The van der Waals surface area contributed by atoms with Gasteiger partial charge in [-0.15, -0.1) is 0 Å². The highest BCUT2D eigenvalue weighted by atomic mass is 79.9. The quantitative estimate of drug-likeness (QED) is 0.708. The van der Waals surface area contributed by atoms with Gasteiger partial charge in [-0.3, -0.25) is 9.89 Å². The van der Waals surface area contributed by atoms with E-state index in [4.69, 9.17) is 0 Å². The molecule has 0 aliphatic rings. The molecular weight excluding hydrogens is 364 g/mol. The lowest BCUT2D eigenvalue weighted by molar-refractivity contribution is 0.825. The van der Waals surface area contributed by atoms with E-state index in [1.807, 2.05) is 38.1 Å². The Hall–Kier alpha value is -1.60. The Morgan fingerprint density at radius 2 is 2.00 bits per heavy atom. The fourth-order valence-corrected chi connectivity index (χ4v) is 3.09. The Labute approximate surface area is 140 Å². The lowest BCUT2D eigenvalue weighted by atomic mass is 10.1. The molecule has 5 nitrogen and oxygen atoms in total. The van der Waals surface area contributed by atoms with Crippen molar-refractivity contribution in [2.45, 2.75) is 25.4 Å². The molecule has 22 heavy (non-hydrogen) atoms. The van der Waals surface area contributed by atoms with E-state index in [-0.39, 0.29) is 5.56 Å². The van der Waals surface area contributed by atoms with Crippen molar-refractivity contribution in [2.75, 3.05) is 5.75 Å². The molecule has 0 spiro atoms. The summed E-state index contributed by atoms with van der Waals surface area (Å²) in [6.45, 7) is 3.90. The molecule has 7 heteroatoms. The summed E-state index contributed by atoms with van der Waals surface area (Å²) in [5, 5.41) is 3.73. The van der Waals surface area contributed by atoms with Crippen LogP contribution in [-0.2, 0) is 6.42 Å². The Morgan fingerprint density at radius 3 is 2.68 bits per heavy atom. The monoisotopic (exact) mass is 378 g/mol. The SMILES string of the molecule is CCSc1nc2nc(C)c(Cc3ccc(Br)cc3)c(=O)n2[nH]1. The predicted octanol–water partition coefficient (Wildman–Crippen LogP) is 3.19. The van der Waals surface area contributed by atoms with Crippen LogP contribution in [0.2, 0.25) is 0 Å². The third kappa shape index (κ3) is 2.96. The minimum absolute atomic E-state index is 0.0825. The van der Waals surface area contributed by atoms with Crippen LogP contribution < -0.4 is 5.56 Å². The van der Waals surface area contributed by atoms with Gasteiger partial charge in [0.2, 0.25) is 0 Å². The van der Waals surface area contributed by atoms with E-state index in [0.29, 0.717) is 22.9 Å². The van der Waals surface area contributed by atoms with Crippen LogP contribution in [0.3, 0.4) is 0 Å². The summed E-state index contributed by atoms with van der Waals surface area (Å²) in [6.07, 6.45) is 0.559. The van der Waals surface area contributed by atoms with Crippen LogP contribution in [0.25, 0.3) is 5.78 Å². The number of nitrogens with zero attached hydrogens (tertiary/aromatic N) is 3. The van der Waals surface area contributed by atoms with Crippen molar-refractivity contribution in [3.63, 3.8) is 0 Å². The van der Waals surface area contributed by atoms with E-state index in [1.165, 1.54) is 4.52 Å². The molecule has 0 amide bonds. The van der Waals surface area contributed by atoms with E-state index in [0.717, 1.165) is 21.5 Å². The Bertz CT molecular complexity index is 870. The zero-order chi connectivity index (χ0) is 15.7. The molecule has 0 radical (unpaired) electrons. The molecule has 0 aliphatic heterocycles. The second-order valence-electron chi connectivity index (χ2n) is 4.88. The van der Waals surface area contributed by atoms with Crippen molar-refractivity contribution in [3.05, 3.63) is 55.9 Å². The zero-order valence-electron chi connectivity index (χ0n) is 12.3. The molecule has 114 valence electrons. The molecule has 0 fully saturated rings. The van der Waals surface area contributed by atoms with Crippen molar-refractivity contribution >= 4 is 33.5 Å². The highest BCUT2D eigenvalue weighted by molar-refractivity contribution is 9.10. The Balaban J connectivity index is 2.05. The number of aryl methyl sites for hydroxylation is 1. The van der Waals surface area contributed by atoms with Crippen molar-refractivity contribution in [1.29, 1.82) is 0 Å². The summed E-state index contributed by atoms with van der Waals surface area (Å²) in [7, 11) is 0. The summed E-state index contributed by atoms with van der Waals surface area (Å²) < 4.78 is 2.45. The first-order valence-electron chi connectivity index (χ1n) is 6.94. The number of rotatable bonds is 4. The summed E-state index contributed by atoms with van der Waals surface area (Å²) in [5.41, 5.74) is 2.41. The van der Waals surface area contributed by atoms with Gasteiger partial charge in [0.15, 0.2) is 5.16 Å². The van der Waals surface area contributed by atoms with Gasteiger partial charge in [0.05, 0.1) is 5.69 Å². The Kier molecular flexibility index (Phi) is 4.35. The molecule has 0 saturated heterocycles. The van der Waals surface area contributed by atoms with Crippen LogP contribution in [0, 0.1) is 6.92 Å². The van der Waals surface area contributed by atoms with E-state index < -0.39 is 0 Å². The highest BCUT2D eigenvalue weighted by Crippen LogP contribution is 2.16. The summed E-state index contributed by atoms with van der Waals surface area (Å²) in [6, 6.07) is 7.95. The number of H-pyrrole nitrogens is 1. The maximum absolute atomic E-state index is 12.7. The van der Waals surface area contributed by atoms with E-state index in [9.17, 15) is 4.79 Å². The van der Waals surface area contributed by atoms with Gasteiger partial charge in [-0.05, 0) is 30.4 Å². The van der Waals surface area contributed by atoms with Crippen LogP contribution >= 0.6 is 27.7 Å². The number of hydrogen-bond donors (Lipinski definition) is 1. The zero-order valence-corrected chi connectivity index (χ0v) is 14.7. The van der Waals surface area contributed by atoms with E-state index >= 15 is 0 Å². The predicted molar refractivity (Wildman–Crippen MR) is 91.7 cm³/mol. The Morgan fingerprint density at radius 1 is 1.27 bits per heavy atom. The number of halogens is 1. The smallest absolute Gasteiger partial charge is 0.267 e. The van der Waals surface area contributed by atoms with Crippen LogP contribution in [-0.4, -0.2) is 25.3 Å². The highest BCUT2D eigenvalue weighted by Gasteiger charge is 2.13. The van der Waals surface area contributed by atoms with Gasteiger partial charge < -0.3 is 0 Å². The average Bonchev–Trinajstić information content (AvgIpc) is 2.88. The number of hydrogen-bond acceptors (Lipinski definition) is 4. The van der Waals surface area contributed by atoms with Gasteiger partial charge in [0.25, 0.3) is 11.3 Å². The van der Waals surface area contributed by atoms with Gasteiger partial charge in [-0.1, -0.05) is 46.7 Å². The molecule has 3 aromatic rings. The first-order chi connectivity index (χ1) is 10.6. The fraction of sp³-hybridized carbons (Fsp3) is 0.267. The van der Waals surface area contributed by atoms with Gasteiger partial charge in [-0.2, -0.15) is 9.50 Å². The lowest BCUT2D eigenvalue weighted by Gasteiger charge is -2.05. The standard InChI is InChI=1S/C15H15BrN4OS/c1-3-22-15-18-14-17-9(2)12(13(21)20(14)19-15)8-10-4-6-11(16)7-5-10/h4-7H,3,8H2,1-2H3,(H,17,18,19). The largest absolute Gasteiger partial charge is 0.277 e. The minimum Gasteiger partial charge on any atom is -0.267 e. The van der Waals surface area contributed by atoms with Crippen LogP contribution in [0.15, 0.2) is 38.7 Å². The molecule has 2 heterocycles. The normalized spacial score (nSPS) is 11.2. The number of aromatic nitrogens is 4. The molecule has 0 aliphatic carbocycles. The van der Waals surface area contributed by atoms with Crippen LogP contribution in [0.1, 0.15) is 23.7 Å². The van der Waals surface area contributed by atoms with Crippen LogP contribution in [0.5, 0.6) is 0 Å². The van der Waals surface area contributed by atoms with Gasteiger partial charge in [0.1, 0.15) is 0 Å². The lowest BCUT2D eigenvalue weighted by Crippen LogP contribution is -2.22. The van der Waals surface area contributed by atoms with Crippen molar-refractivity contribution in [1.82, 2.24) is 19.6 Å². The third-order valence-corrected chi connectivity index (χ3v) is 4.62. The molecule has 0 saturated carbocycles. The van der Waals surface area contributed by atoms with Crippen LogP contribution in [0.4, 0.5) is 0 Å². The third-order valence-electron chi connectivity index (χ3n) is 3.35. The number of thioether (sulfide) groups is 1. The molecular formula is C15H15BrN4OS. The number of aromatic amines is 1. The van der Waals surface area contributed by atoms with Gasteiger partial charge >= 0.3 is 0 Å². The molecule has 2 aromatic heterocycles. The molecule has 0 unspecified atom stereocenters. The molecule has 0 bridgehead atoms. The van der Waals surface area contributed by atoms with E-state index in [1.54, 1.807) is 11.8 Å². The number of nitrogens with one attached hydrogen (secondary N) is 1. The van der Waals surface area contributed by atoms with Gasteiger partial charge in [0, 0.05) is 16.5 Å². The topological polar surface area (TPSA) is 63.1 Å². The minimum atomic E-state index is -0.0825. The van der Waals surface area contributed by atoms with Crippen molar-refractivity contribution in [3.8, 4) is 0 Å². The fourth-order valence-electron chi connectivity index (χ4n) is 2.25. The molecule has 0 atom stereocenters. The van der Waals surface area contributed by atoms with Gasteiger partial charge in [-0.25, -0.2) is 4.98 Å². The molecule has 1 N–H and O–H groups in total. The number of fused-ring (bicyclic) bond motifs is 1. The summed E-state index contributed by atoms with van der Waals surface area (Å²) in [5.74, 6) is 1.32. The maximum atomic E-state index is 12.7. The van der Waals surface area contributed by atoms with E-state index in [2.05, 4.69) is 31.0 Å². The summed E-state index contributed by atoms with van der Waals surface area (Å²) >= 11 is 4.97. The first-order valence-corrected chi connectivity index (χ1v) is 8.72. The second kappa shape index (κ2) is 6.26. The van der Waals surface area contributed by atoms with Crippen molar-refractivity contribution < 1.29 is 0 Å². The summed E-state index contributed by atoms with van der Waals surface area (Å²) in [4.78, 5) is 21.5. The maximum Gasteiger partial charge on any atom is 0.277 e. The average molecular weight is 379 g/mol. The number of benzene rings is 1. The molecule has 3 rings (SSSR count).